The minimum absolute atomic E-state index is 0.170. The molecule has 6 nitrogen and oxygen atoms in total. The first-order valence-corrected chi connectivity index (χ1v) is 7.85. The molecule has 0 aliphatic carbocycles. The van der Waals surface area contributed by atoms with E-state index in [2.05, 4.69) is 0 Å². The molecule has 0 radical (unpaired) electrons. The lowest BCUT2D eigenvalue weighted by Gasteiger charge is -2.26. The van der Waals surface area contributed by atoms with Gasteiger partial charge in [0.05, 0.1) is 16.3 Å². The first kappa shape index (κ1) is 13.7. The lowest BCUT2D eigenvalue weighted by atomic mass is 10.2. The fourth-order valence-electron chi connectivity index (χ4n) is 2.38. The van der Waals surface area contributed by atoms with Crippen molar-refractivity contribution in [2.45, 2.75) is 23.8 Å². The number of hydrogen-bond acceptors (Lipinski definition) is 5. The van der Waals surface area contributed by atoms with Crippen molar-refractivity contribution < 1.29 is 13.2 Å². The highest BCUT2D eigenvalue weighted by molar-refractivity contribution is 7.90. The number of sulfone groups is 1. The summed E-state index contributed by atoms with van der Waals surface area (Å²) in [6.07, 6.45) is 2.69. The Morgan fingerprint density at radius 2 is 2.11 bits per heavy atom. The molecule has 1 unspecified atom stereocenters. The van der Waals surface area contributed by atoms with Gasteiger partial charge < -0.3 is 16.4 Å². The molecular weight excluding hydrogens is 266 g/mol. The van der Waals surface area contributed by atoms with Gasteiger partial charge in [-0.2, -0.15) is 0 Å². The molecule has 1 amide bonds. The molecule has 1 aliphatic heterocycles. The summed E-state index contributed by atoms with van der Waals surface area (Å²) in [6, 6.07) is 4.18. The number of carbonyl (C=O) groups excluding carboxylic acids is 1. The summed E-state index contributed by atoms with van der Waals surface area (Å²) in [4.78, 5) is 13.4. The van der Waals surface area contributed by atoms with E-state index >= 15 is 0 Å². The number of nitrogens with two attached hydrogens (primary N) is 2. The van der Waals surface area contributed by atoms with Crippen molar-refractivity contribution in [3.8, 4) is 0 Å². The largest absolute Gasteiger partial charge is 0.397 e. The van der Waals surface area contributed by atoms with Gasteiger partial charge >= 0.3 is 0 Å². The summed E-state index contributed by atoms with van der Waals surface area (Å²) in [5.41, 5.74) is 12.3. The molecule has 1 heterocycles. The van der Waals surface area contributed by atoms with E-state index in [9.17, 15) is 13.2 Å². The molecule has 0 aromatic heterocycles. The first-order chi connectivity index (χ1) is 8.80. The quantitative estimate of drug-likeness (QED) is 0.767. The zero-order valence-electron chi connectivity index (χ0n) is 10.7. The number of hydrogen-bond donors (Lipinski definition) is 2. The molecule has 1 atom stereocenters. The Kier molecular flexibility index (Phi) is 3.40. The maximum Gasteiger partial charge on any atom is 0.240 e. The van der Waals surface area contributed by atoms with Crippen LogP contribution in [0.2, 0.25) is 0 Å². The maximum absolute atomic E-state index is 11.4. The van der Waals surface area contributed by atoms with E-state index in [1.165, 1.54) is 12.1 Å². The average molecular weight is 283 g/mol. The molecule has 7 heteroatoms. The van der Waals surface area contributed by atoms with Crippen LogP contribution in [0.5, 0.6) is 0 Å². The average Bonchev–Trinajstić information content (AvgIpc) is 2.76. The van der Waals surface area contributed by atoms with Crippen LogP contribution in [0.1, 0.15) is 12.8 Å². The van der Waals surface area contributed by atoms with Crippen molar-refractivity contribution in [3.05, 3.63) is 18.2 Å². The number of carbonyl (C=O) groups is 1. The number of benzene rings is 1. The van der Waals surface area contributed by atoms with Gasteiger partial charge in [0, 0.05) is 12.8 Å². The summed E-state index contributed by atoms with van der Waals surface area (Å²) in [5.74, 6) is -0.385. The van der Waals surface area contributed by atoms with Crippen LogP contribution in [0.3, 0.4) is 0 Å². The van der Waals surface area contributed by atoms with Crippen LogP contribution in [-0.2, 0) is 14.6 Å². The fourth-order valence-corrected chi connectivity index (χ4v) is 3.03. The van der Waals surface area contributed by atoms with Crippen LogP contribution >= 0.6 is 0 Å². The van der Waals surface area contributed by atoms with Crippen molar-refractivity contribution in [2.24, 2.45) is 5.73 Å². The van der Waals surface area contributed by atoms with E-state index in [1.807, 2.05) is 4.90 Å². The molecule has 1 saturated heterocycles. The van der Waals surface area contributed by atoms with Gasteiger partial charge in [0.25, 0.3) is 0 Å². The summed E-state index contributed by atoms with van der Waals surface area (Å²) in [5, 5.41) is 0. The van der Waals surface area contributed by atoms with Crippen molar-refractivity contribution in [1.82, 2.24) is 0 Å². The van der Waals surface area contributed by atoms with Crippen LogP contribution in [0.25, 0.3) is 0 Å². The predicted octanol–water partition coefficient (Wildman–Crippen LogP) is 0.126. The molecular formula is C12H17N3O3S. The molecule has 1 aromatic rings. The number of nitrogens with zero attached hydrogens (tertiary/aromatic N) is 1. The highest BCUT2D eigenvalue weighted by atomic mass is 32.2. The van der Waals surface area contributed by atoms with Crippen LogP contribution in [-0.4, -0.2) is 33.2 Å². The minimum atomic E-state index is -3.29. The second-order valence-corrected chi connectivity index (χ2v) is 6.76. The topological polar surface area (TPSA) is 106 Å². The Hall–Kier alpha value is -1.76. The number of rotatable bonds is 3. The van der Waals surface area contributed by atoms with Crippen LogP contribution in [0, 0.1) is 0 Å². The third-order valence-corrected chi connectivity index (χ3v) is 4.43. The molecule has 1 aromatic carbocycles. The molecule has 1 fully saturated rings. The zero-order valence-corrected chi connectivity index (χ0v) is 11.5. The van der Waals surface area contributed by atoms with Crippen LogP contribution in [0.15, 0.2) is 23.1 Å². The van der Waals surface area contributed by atoms with Crippen LogP contribution < -0.4 is 16.4 Å². The normalized spacial score (nSPS) is 19.6. The van der Waals surface area contributed by atoms with Gasteiger partial charge in [-0.1, -0.05) is 0 Å². The van der Waals surface area contributed by atoms with Crippen molar-refractivity contribution in [1.29, 1.82) is 0 Å². The molecule has 0 spiro atoms. The Bertz CT molecular complexity index is 613. The van der Waals surface area contributed by atoms with E-state index in [-0.39, 0.29) is 16.8 Å². The van der Waals surface area contributed by atoms with Crippen molar-refractivity contribution in [3.63, 3.8) is 0 Å². The lowest BCUT2D eigenvalue weighted by molar-refractivity contribution is -0.119. The third kappa shape index (κ3) is 2.65. The lowest BCUT2D eigenvalue weighted by Crippen LogP contribution is -2.40. The van der Waals surface area contributed by atoms with Gasteiger partial charge in [0.1, 0.15) is 6.04 Å². The Morgan fingerprint density at radius 3 is 2.63 bits per heavy atom. The number of anilines is 2. The molecule has 19 heavy (non-hydrogen) atoms. The van der Waals surface area contributed by atoms with Crippen molar-refractivity contribution in [2.75, 3.05) is 23.4 Å². The second-order valence-electron chi connectivity index (χ2n) is 4.75. The summed E-state index contributed by atoms with van der Waals surface area (Å²) >= 11 is 0. The van der Waals surface area contributed by atoms with Crippen molar-refractivity contribution >= 4 is 27.1 Å². The second kappa shape index (κ2) is 4.73. The summed E-state index contributed by atoms with van der Waals surface area (Å²) in [7, 11) is -3.29. The predicted molar refractivity (Wildman–Crippen MR) is 73.5 cm³/mol. The third-order valence-electron chi connectivity index (χ3n) is 3.32. The number of primary amides is 1. The Morgan fingerprint density at radius 1 is 1.42 bits per heavy atom. The highest BCUT2D eigenvalue weighted by Crippen LogP contribution is 2.31. The standard InChI is InChI=1S/C12H17N3O3S/c1-19(17,18)8-4-5-10(9(13)7-8)15-6-2-3-11(15)12(14)16/h4-5,7,11H,2-3,6,13H2,1H3,(H2,14,16). The number of amides is 1. The van der Waals surface area contributed by atoms with Gasteiger partial charge in [-0.05, 0) is 31.0 Å². The van der Waals surface area contributed by atoms with Gasteiger partial charge in [-0.15, -0.1) is 0 Å². The Labute approximate surface area is 112 Å². The molecule has 4 N–H and O–H groups in total. The van der Waals surface area contributed by atoms with E-state index in [0.717, 1.165) is 12.7 Å². The molecule has 104 valence electrons. The molecule has 1 aliphatic rings. The summed E-state index contributed by atoms with van der Waals surface area (Å²) in [6.45, 7) is 0.691. The fraction of sp³-hybridized carbons (Fsp3) is 0.417. The highest BCUT2D eigenvalue weighted by Gasteiger charge is 2.30. The molecule has 0 bridgehead atoms. The molecule has 2 rings (SSSR count). The van der Waals surface area contributed by atoms with Gasteiger partial charge in [-0.25, -0.2) is 8.42 Å². The van der Waals surface area contributed by atoms with E-state index in [1.54, 1.807) is 6.07 Å². The van der Waals surface area contributed by atoms with Gasteiger partial charge in [0.15, 0.2) is 9.84 Å². The monoisotopic (exact) mass is 283 g/mol. The smallest absolute Gasteiger partial charge is 0.240 e. The van der Waals surface area contributed by atoms with E-state index in [4.69, 9.17) is 11.5 Å². The minimum Gasteiger partial charge on any atom is -0.397 e. The van der Waals surface area contributed by atoms with E-state index < -0.39 is 9.84 Å². The molecule has 0 saturated carbocycles. The van der Waals surface area contributed by atoms with E-state index in [0.29, 0.717) is 24.3 Å². The Balaban J connectivity index is 2.39. The number of nitrogen functional groups attached to an aromatic ring is 1. The first-order valence-electron chi connectivity index (χ1n) is 5.96. The van der Waals surface area contributed by atoms with Gasteiger partial charge in [-0.3, -0.25) is 4.79 Å². The van der Waals surface area contributed by atoms with Crippen LogP contribution in [0.4, 0.5) is 11.4 Å². The zero-order chi connectivity index (χ0) is 14.2. The summed E-state index contributed by atoms with van der Waals surface area (Å²) < 4.78 is 22.9. The van der Waals surface area contributed by atoms with Gasteiger partial charge in [0.2, 0.25) is 5.91 Å². The maximum atomic E-state index is 11.4. The SMILES string of the molecule is CS(=O)(=O)c1ccc(N2CCCC2C(N)=O)c(N)c1.